The highest BCUT2D eigenvalue weighted by Gasteiger charge is 2.36. The van der Waals surface area contributed by atoms with Crippen LogP contribution >= 0.6 is 0 Å². The van der Waals surface area contributed by atoms with Gasteiger partial charge in [0.25, 0.3) is 0 Å². The Morgan fingerprint density at radius 2 is 2.13 bits per heavy atom. The Morgan fingerprint density at radius 3 is 3.00 bits per heavy atom. The van der Waals surface area contributed by atoms with Gasteiger partial charge in [0.2, 0.25) is 0 Å². The largest absolute Gasteiger partial charge is 0.381 e. The number of rotatable bonds is 0. The van der Waals surface area contributed by atoms with Crippen LogP contribution in [0.25, 0.3) is 0 Å². The van der Waals surface area contributed by atoms with E-state index >= 15 is 0 Å². The third-order valence-corrected chi connectivity index (χ3v) is 3.99. The van der Waals surface area contributed by atoms with E-state index in [2.05, 4.69) is 17.1 Å². The average molecular weight is 203 g/mol. The minimum absolute atomic E-state index is 0.473. The van der Waals surface area contributed by atoms with E-state index < -0.39 is 0 Å². The number of fused-ring (bicyclic) bond motifs is 1. The van der Waals surface area contributed by atoms with Gasteiger partial charge in [-0.15, -0.1) is 0 Å². The van der Waals surface area contributed by atoms with Gasteiger partial charge in [0.15, 0.2) is 0 Å². The molecule has 1 aromatic heterocycles. The van der Waals surface area contributed by atoms with Crippen molar-refractivity contribution in [2.24, 2.45) is 5.41 Å². The van der Waals surface area contributed by atoms with Crippen LogP contribution in [0.2, 0.25) is 0 Å². The second-order valence-electron chi connectivity index (χ2n) is 4.91. The van der Waals surface area contributed by atoms with Crippen LogP contribution in [0.4, 0.5) is 0 Å². The number of hydrogen-bond acceptors (Lipinski definition) is 2. The summed E-state index contributed by atoms with van der Waals surface area (Å²) in [4.78, 5) is 4.49. The Bertz CT molecular complexity index is 326. The molecule has 3 rings (SSSR count). The standard InChI is InChI=1S/C13H17NO/c1-2-11-3-5-13(7-9-15-10-13)6-4-12(11)14-8-1/h1-2,8H,3-7,9-10H2. The Morgan fingerprint density at radius 1 is 1.20 bits per heavy atom. The van der Waals surface area contributed by atoms with E-state index in [1.165, 1.54) is 36.9 Å². The second kappa shape index (κ2) is 3.60. The second-order valence-corrected chi connectivity index (χ2v) is 4.91. The topological polar surface area (TPSA) is 22.1 Å². The Labute approximate surface area is 90.7 Å². The molecule has 1 fully saturated rings. The molecule has 2 heterocycles. The average Bonchev–Trinajstić information content (AvgIpc) is 2.65. The van der Waals surface area contributed by atoms with E-state index in [-0.39, 0.29) is 0 Å². The number of pyridine rings is 1. The van der Waals surface area contributed by atoms with Gasteiger partial charge < -0.3 is 4.74 Å². The first-order chi connectivity index (χ1) is 7.38. The summed E-state index contributed by atoms with van der Waals surface area (Å²) in [6, 6.07) is 4.29. The van der Waals surface area contributed by atoms with Crippen molar-refractivity contribution < 1.29 is 4.74 Å². The number of ether oxygens (including phenoxy) is 1. The molecule has 1 aliphatic carbocycles. The first kappa shape index (κ1) is 9.34. The zero-order chi connectivity index (χ0) is 10.1. The monoisotopic (exact) mass is 203 g/mol. The molecule has 2 aliphatic rings. The first-order valence-electron chi connectivity index (χ1n) is 5.89. The van der Waals surface area contributed by atoms with Crippen LogP contribution in [-0.2, 0) is 17.6 Å². The summed E-state index contributed by atoms with van der Waals surface area (Å²) in [5.41, 5.74) is 3.25. The van der Waals surface area contributed by atoms with Crippen LogP contribution in [0, 0.1) is 5.41 Å². The number of aromatic nitrogens is 1. The van der Waals surface area contributed by atoms with Crippen molar-refractivity contribution in [3.05, 3.63) is 29.6 Å². The zero-order valence-corrected chi connectivity index (χ0v) is 9.04. The summed E-state index contributed by atoms with van der Waals surface area (Å²) in [5.74, 6) is 0. The highest BCUT2D eigenvalue weighted by atomic mass is 16.5. The normalized spacial score (nSPS) is 30.1. The third-order valence-electron chi connectivity index (χ3n) is 3.99. The van der Waals surface area contributed by atoms with Gasteiger partial charge in [-0.2, -0.15) is 0 Å². The van der Waals surface area contributed by atoms with Crippen LogP contribution in [-0.4, -0.2) is 18.2 Å². The van der Waals surface area contributed by atoms with Crippen LogP contribution < -0.4 is 0 Å². The smallest absolute Gasteiger partial charge is 0.0523 e. The molecular formula is C13H17NO. The Hall–Kier alpha value is -0.890. The van der Waals surface area contributed by atoms with Gasteiger partial charge in [-0.3, -0.25) is 4.98 Å². The SMILES string of the molecule is c1cnc2c(c1)CCC1(CCOC1)CC2. The molecule has 1 saturated heterocycles. The number of hydrogen-bond donors (Lipinski definition) is 0. The lowest BCUT2D eigenvalue weighted by atomic mass is 9.80. The van der Waals surface area contributed by atoms with Crippen molar-refractivity contribution >= 4 is 0 Å². The summed E-state index contributed by atoms with van der Waals surface area (Å²) in [5, 5.41) is 0. The third kappa shape index (κ3) is 1.67. The summed E-state index contributed by atoms with van der Waals surface area (Å²) >= 11 is 0. The molecule has 1 aromatic rings. The molecule has 0 N–H and O–H groups in total. The van der Waals surface area contributed by atoms with E-state index in [4.69, 9.17) is 4.74 Å². The molecule has 2 heteroatoms. The molecule has 80 valence electrons. The highest BCUT2D eigenvalue weighted by Crippen LogP contribution is 2.40. The van der Waals surface area contributed by atoms with E-state index in [1.807, 2.05) is 6.20 Å². The lowest BCUT2D eigenvalue weighted by molar-refractivity contribution is 0.141. The van der Waals surface area contributed by atoms with Crippen LogP contribution in [0.1, 0.15) is 30.5 Å². The molecule has 0 aromatic carbocycles. The van der Waals surface area contributed by atoms with Gasteiger partial charge in [-0.1, -0.05) is 6.07 Å². The summed E-state index contributed by atoms with van der Waals surface area (Å²) in [6.45, 7) is 1.94. The lowest BCUT2D eigenvalue weighted by Crippen LogP contribution is -2.21. The summed E-state index contributed by atoms with van der Waals surface area (Å²) in [7, 11) is 0. The quantitative estimate of drug-likeness (QED) is 0.646. The predicted octanol–water partition coefficient (Wildman–Crippen LogP) is 2.37. The van der Waals surface area contributed by atoms with E-state index in [9.17, 15) is 0 Å². The van der Waals surface area contributed by atoms with Crippen LogP contribution in [0.5, 0.6) is 0 Å². The van der Waals surface area contributed by atoms with Crippen molar-refractivity contribution in [3.63, 3.8) is 0 Å². The van der Waals surface area contributed by atoms with Crippen molar-refractivity contribution in [2.45, 2.75) is 32.1 Å². The van der Waals surface area contributed by atoms with Gasteiger partial charge in [-0.25, -0.2) is 0 Å². The van der Waals surface area contributed by atoms with Crippen molar-refractivity contribution in [3.8, 4) is 0 Å². The molecule has 0 bridgehead atoms. The molecule has 1 spiro atoms. The van der Waals surface area contributed by atoms with Gasteiger partial charge in [0, 0.05) is 18.5 Å². The summed E-state index contributed by atoms with van der Waals surface area (Å²) in [6.07, 6.45) is 8.04. The molecule has 1 unspecified atom stereocenters. The maximum atomic E-state index is 5.57. The number of nitrogens with zero attached hydrogens (tertiary/aromatic N) is 1. The maximum absolute atomic E-state index is 5.57. The lowest BCUT2D eigenvalue weighted by Gasteiger charge is -2.24. The fourth-order valence-corrected chi connectivity index (χ4v) is 2.88. The molecule has 2 nitrogen and oxygen atoms in total. The fraction of sp³-hybridized carbons (Fsp3) is 0.615. The van der Waals surface area contributed by atoms with Gasteiger partial charge in [0.1, 0.15) is 0 Å². The first-order valence-corrected chi connectivity index (χ1v) is 5.89. The summed E-state index contributed by atoms with van der Waals surface area (Å²) < 4.78 is 5.57. The zero-order valence-electron chi connectivity index (χ0n) is 9.04. The molecule has 1 aliphatic heterocycles. The predicted molar refractivity (Wildman–Crippen MR) is 58.7 cm³/mol. The van der Waals surface area contributed by atoms with Gasteiger partial charge in [0.05, 0.1) is 6.61 Å². The van der Waals surface area contributed by atoms with E-state index in [0.717, 1.165) is 19.6 Å². The molecular weight excluding hydrogens is 186 g/mol. The van der Waals surface area contributed by atoms with E-state index in [1.54, 1.807) is 0 Å². The molecule has 0 radical (unpaired) electrons. The Balaban J connectivity index is 1.85. The van der Waals surface area contributed by atoms with Crippen molar-refractivity contribution in [1.29, 1.82) is 0 Å². The van der Waals surface area contributed by atoms with Crippen LogP contribution in [0.3, 0.4) is 0 Å². The van der Waals surface area contributed by atoms with Gasteiger partial charge in [-0.05, 0) is 49.1 Å². The molecule has 1 atom stereocenters. The molecule has 0 saturated carbocycles. The van der Waals surface area contributed by atoms with Crippen molar-refractivity contribution in [1.82, 2.24) is 4.98 Å². The number of aryl methyl sites for hydroxylation is 2. The minimum Gasteiger partial charge on any atom is -0.381 e. The molecule has 0 amide bonds. The Kier molecular flexibility index (Phi) is 2.24. The molecule has 15 heavy (non-hydrogen) atoms. The van der Waals surface area contributed by atoms with Crippen LogP contribution in [0.15, 0.2) is 18.3 Å². The maximum Gasteiger partial charge on any atom is 0.0523 e. The van der Waals surface area contributed by atoms with Crippen molar-refractivity contribution in [2.75, 3.05) is 13.2 Å². The van der Waals surface area contributed by atoms with E-state index in [0.29, 0.717) is 5.41 Å². The highest BCUT2D eigenvalue weighted by molar-refractivity contribution is 5.22. The minimum atomic E-state index is 0.473. The fourth-order valence-electron chi connectivity index (χ4n) is 2.88. The van der Waals surface area contributed by atoms with Gasteiger partial charge >= 0.3 is 0 Å².